The number of pyridine rings is 2. The van der Waals surface area contributed by atoms with Gasteiger partial charge in [-0.2, -0.15) is 18.3 Å². The molecule has 10 nitrogen and oxygen atoms in total. The lowest BCUT2D eigenvalue weighted by atomic mass is 10.1. The van der Waals surface area contributed by atoms with E-state index in [1.165, 1.54) is 17.0 Å². The second-order valence-corrected chi connectivity index (χ2v) is 8.79. The van der Waals surface area contributed by atoms with E-state index >= 15 is 0 Å². The summed E-state index contributed by atoms with van der Waals surface area (Å²) in [5.74, 6) is 12.4. The Hall–Kier alpha value is -2.94. The molecule has 0 spiro atoms. The zero-order valence-corrected chi connectivity index (χ0v) is 21.5. The van der Waals surface area contributed by atoms with Gasteiger partial charge in [0.15, 0.2) is 12.1 Å². The third kappa shape index (κ3) is 9.97. The number of hydrazine groups is 1. The first-order valence-electron chi connectivity index (χ1n) is 10.9. The number of halogens is 3. The summed E-state index contributed by atoms with van der Waals surface area (Å²) in [5, 5.41) is 15.1. The Kier molecular flexibility index (Phi) is 13.2. The number of amidine groups is 1. The number of fused-ring (bicyclic) bond motifs is 1. The highest BCUT2D eigenvalue weighted by Gasteiger charge is 2.28. The fourth-order valence-electron chi connectivity index (χ4n) is 2.92. The largest absolute Gasteiger partial charge is 0.400 e. The number of nitrogens with two attached hydrogens (primary N) is 2. The zero-order valence-electron chi connectivity index (χ0n) is 20.7. The molecule has 6 N–H and O–H groups in total. The van der Waals surface area contributed by atoms with Crippen molar-refractivity contribution in [2.24, 2.45) is 16.8 Å². The van der Waals surface area contributed by atoms with E-state index in [2.05, 4.69) is 20.4 Å². The summed E-state index contributed by atoms with van der Waals surface area (Å²) in [6.07, 6.45) is -2.61. The number of aliphatic hydroxyl groups is 1. The van der Waals surface area contributed by atoms with Crippen LogP contribution in [0, 0.1) is 0 Å². The lowest BCUT2D eigenvalue weighted by Gasteiger charge is -2.23. The summed E-state index contributed by atoms with van der Waals surface area (Å²) in [5.41, 5.74) is 2.94. The normalized spacial score (nSPS) is 13.2. The molecule has 0 amide bonds. The average Bonchev–Trinajstić information content (AvgIpc) is 3.27. The molecule has 3 heterocycles. The van der Waals surface area contributed by atoms with Crippen molar-refractivity contribution in [2.75, 3.05) is 25.2 Å². The van der Waals surface area contributed by atoms with Crippen LogP contribution < -0.4 is 17.0 Å². The number of hydrogen-bond acceptors (Lipinski definition) is 10. The Balaban J connectivity index is 0.000000339. The highest BCUT2D eigenvalue weighted by atomic mass is 32.2. The van der Waals surface area contributed by atoms with Gasteiger partial charge in [-0.15, -0.1) is 0 Å². The molecule has 14 heteroatoms. The van der Waals surface area contributed by atoms with E-state index in [4.69, 9.17) is 16.8 Å². The fraction of sp³-hybridized carbons (Fsp3) is 0.455. The van der Waals surface area contributed by atoms with Crippen LogP contribution in [0.3, 0.4) is 0 Å². The van der Waals surface area contributed by atoms with Gasteiger partial charge in [-0.1, -0.05) is 18.0 Å². The highest BCUT2D eigenvalue weighted by molar-refractivity contribution is 7.96. The number of carbonyl (C=O) groups is 1. The highest BCUT2D eigenvalue weighted by Crippen LogP contribution is 2.30. The van der Waals surface area contributed by atoms with Gasteiger partial charge in [-0.25, -0.2) is 15.1 Å². The van der Waals surface area contributed by atoms with Crippen molar-refractivity contribution in [3.05, 3.63) is 53.0 Å². The molecule has 0 saturated carbocycles. The predicted octanol–water partition coefficient (Wildman–Crippen LogP) is 2.75. The number of aldehydes is 1. The van der Waals surface area contributed by atoms with Gasteiger partial charge in [-0.05, 0) is 43.2 Å². The fourth-order valence-corrected chi connectivity index (χ4v) is 3.97. The zero-order chi connectivity index (χ0) is 27.3. The molecule has 0 radical (unpaired) electrons. The van der Waals surface area contributed by atoms with Crippen LogP contribution in [0.2, 0.25) is 0 Å². The Morgan fingerprint density at radius 2 is 2.00 bits per heavy atom. The molecule has 3 rings (SSSR count). The van der Waals surface area contributed by atoms with Crippen LogP contribution in [-0.2, 0) is 13.1 Å². The van der Waals surface area contributed by atoms with Gasteiger partial charge in [0, 0.05) is 45.2 Å². The number of aliphatic hydroxyl groups excluding tert-OH is 1. The van der Waals surface area contributed by atoms with Crippen LogP contribution in [0.4, 0.5) is 19.0 Å². The maximum atomic E-state index is 12.0. The maximum Gasteiger partial charge on any atom is 0.389 e. The molecule has 2 aromatic rings. The number of nitrogens with one attached hydrogen (secondary N) is 1. The number of hydrazone groups is 1. The van der Waals surface area contributed by atoms with Gasteiger partial charge in [0.25, 0.3) is 0 Å². The SMILES string of the molecule is CNc1cccc(/C(=N/N)N(N)C(C)C)n1.CO.O=Cc1cc2c(cn1)CN(SCCC(F)(F)F)C2. The number of alkyl halides is 3. The smallest absolute Gasteiger partial charge is 0.389 e. The van der Waals surface area contributed by atoms with E-state index in [1.54, 1.807) is 19.3 Å². The monoisotopic (exact) mass is 530 g/mol. The Morgan fingerprint density at radius 1 is 1.33 bits per heavy atom. The second kappa shape index (κ2) is 15.2. The Labute approximate surface area is 213 Å². The molecule has 1 aliphatic rings. The van der Waals surface area contributed by atoms with Crippen LogP contribution in [0.5, 0.6) is 0 Å². The minimum atomic E-state index is -4.11. The van der Waals surface area contributed by atoms with E-state index in [0.717, 1.165) is 24.1 Å². The standard InChI is InChI=1S/C11H11F3N2OS.C10H18N6.CH4O/c12-11(13,14)1-2-18-16-5-8-3-10(7-17)15-4-9(8)6-16;1-7(2)16(12)10(15-11)8-5-4-6-9(13-3)14-8;1-2/h3-4,7H,1-2,5-6H2;4-7H,11-12H2,1-3H3,(H,13,14);2H,1H3/b;15-10-;. The molecule has 2 aromatic heterocycles. The third-order valence-electron chi connectivity index (χ3n) is 4.74. The van der Waals surface area contributed by atoms with E-state index in [1.807, 2.05) is 36.4 Å². The summed E-state index contributed by atoms with van der Waals surface area (Å²) >= 11 is 1.18. The number of anilines is 1. The van der Waals surface area contributed by atoms with E-state index in [9.17, 15) is 18.0 Å². The number of nitrogens with zero attached hydrogens (tertiary/aromatic N) is 5. The van der Waals surface area contributed by atoms with Gasteiger partial charge in [-0.3, -0.25) is 14.8 Å². The summed E-state index contributed by atoms with van der Waals surface area (Å²) in [4.78, 5) is 18.8. The molecule has 0 atom stereocenters. The number of carbonyl (C=O) groups excluding carboxylic acids is 1. The van der Waals surface area contributed by atoms with Crippen LogP contribution in [0.25, 0.3) is 0 Å². The summed E-state index contributed by atoms with van der Waals surface area (Å²) < 4.78 is 37.9. The van der Waals surface area contributed by atoms with E-state index < -0.39 is 12.6 Å². The van der Waals surface area contributed by atoms with Crippen molar-refractivity contribution in [3.8, 4) is 0 Å². The molecule has 36 heavy (non-hydrogen) atoms. The molecule has 0 bridgehead atoms. The van der Waals surface area contributed by atoms with Crippen molar-refractivity contribution in [3.63, 3.8) is 0 Å². The van der Waals surface area contributed by atoms with Crippen molar-refractivity contribution in [1.82, 2.24) is 19.3 Å². The quantitative estimate of drug-likeness (QED) is 0.105. The first-order valence-corrected chi connectivity index (χ1v) is 11.8. The van der Waals surface area contributed by atoms with E-state index in [0.29, 0.717) is 36.6 Å². The molecule has 0 saturated heterocycles. The lowest BCUT2D eigenvalue weighted by Crippen LogP contribution is -2.44. The molecular formula is C22H33F3N8O2S. The van der Waals surface area contributed by atoms with Gasteiger partial charge >= 0.3 is 6.18 Å². The topological polar surface area (TPSA) is 146 Å². The molecule has 0 fully saturated rings. The third-order valence-corrected chi connectivity index (χ3v) is 5.75. The average molecular weight is 531 g/mol. The minimum absolute atomic E-state index is 0.0193. The Bertz CT molecular complexity index is 992. The number of hydrogen-bond donors (Lipinski definition) is 4. The summed E-state index contributed by atoms with van der Waals surface area (Å²) in [7, 11) is 2.80. The minimum Gasteiger partial charge on any atom is -0.400 e. The van der Waals surface area contributed by atoms with E-state index in [-0.39, 0.29) is 11.8 Å². The van der Waals surface area contributed by atoms with Crippen molar-refractivity contribution in [2.45, 2.75) is 45.6 Å². The summed E-state index contributed by atoms with van der Waals surface area (Å²) in [6.45, 7) is 5.03. The van der Waals surface area contributed by atoms with Gasteiger partial charge in [0.1, 0.15) is 17.2 Å². The first-order chi connectivity index (χ1) is 17.1. The maximum absolute atomic E-state index is 12.0. The van der Waals surface area contributed by atoms with Crippen molar-refractivity contribution in [1.29, 1.82) is 0 Å². The molecule has 0 unspecified atom stereocenters. The Morgan fingerprint density at radius 3 is 2.56 bits per heavy atom. The molecule has 200 valence electrons. The predicted molar refractivity (Wildman–Crippen MR) is 136 cm³/mol. The van der Waals surface area contributed by atoms with Gasteiger partial charge in [0.05, 0.1) is 6.42 Å². The molecular weight excluding hydrogens is 497 g/mol. The second-order valence-electron chi connectivity index (χ2n) is 7.60. The van der Waals surface area contributed by atoms with Crippen LogP contribution in [0.1, 0.15) is 47.6 Å². The summed E-state index contributed by atoms with van der Waals surface area (Å²) in [6, 6.07) is 7.32. The van der Waals surface area contributed by atoms with Gasteiger partial charge in [0.2, 0.25) is 0 Å². The van der Waals surface area contributed by atoms with Crippen LogP contribution >= 0.6 is 11.9 Å². The van der Waals surface area contributed by atoms with Gasteiger partial charge < -0.3 is 16.3 Å². The first kappa shape index (κ1) is 31.1. The van der Waals surface area contributed by atoms with Crippen LogP contribution in [0.15, 0.2) is 35.6 Å². The van der Waals surface area contributed by atoms with Crippen LogP contribution in [-0.4, -0.2) is 68.6 Å². The van der Waals surface area contributed by atoms with Crippen molar-refractivity contribution >= 4 is 29.9 Å². The molecule has 0 aliphatic carbocycles. The number of aromatic nitrogens is 2. The number of rotatable bonds is 7. The molecule has 1 aliphatic heterocycles. The molecule has 0 aromatic carbocycles. The van der Waals surface area contributed by atoms with Crippen molar-refractivity contribution < 1.29 is 23.1 Å². The lowest BCUT2D eigenvalue weighted by molar-refractivity contribution is -0.129.